The molecule has 154 valence electrons. The minimum atomic E-state index is 0. The minimum absolute atomic E-state index is 0. The topological polar surface area (TPSA) is 58.1 Å². The lowest BCUT2D eigenvalue weighted by molar-refractivity contribution is 0.00752. The number of guanidine groups is 1. The standard InChI is InChI=1S/C19H31ClN4O2.HI/c1-14(2)17(24-7-9-26-10-8-24)13-23-19(21-3)22-12-15-5-6-16(20)11-18(15)25-4;/h5-6,11,14,17H,7-10,12-13H2,1-4H3,(H2,21,22,23);1H. The van der Waals surface area contributed by atoms with Crippen LogP contribution in [0.25, 0.3) is 0 Å². The van der Waals surface area contributed by atoms with Crippen LogP contribution in [0.5, 0.6) is 5.75 Å². The largest absolute Gasteiger partial charge is 0.496 e. The summed E-state index contributed by atoms with van der Waals surface area (Å²) in [5, 5.41) is 7.47. The first kappa shape index (κ1) is 24.3. The third-order valence-electron chi connectivity index (χ3n) is 4.68. The predicted molar refractivity (Wildman–Crippen MR) is 123 cm³/mol. The second-order valence-corrected chi connectivity index (χ2v) is 7.16. The lowest BCUT2D eigenvalue weighted by atomic mass is 10.0. The van der Waals surface area contributed by atoms with E-state index >= 15 is 0 Å². The summed E-state index contributed by atoms with van der Waals surface area (Å²) in [5.41, 5.74) is 1.04. The molecule has 1 fully saturated rings. The molecule has 1 heterocycles. The fourth-order valence-electron chi connectivity index (χ4n) is 3.16. The first-order valence-corrected chi connectivity index (χ1v) is 9.51. The summed E-state index contributed by atoms with van der Waals surface area (Å²) < 4.78 is 10.9. The van der Waals surface area contributed by atoms with Gasteiger partial charge < -0.3 is 20.1 Å². The number of aliphatic imine (C=N–C) groups is 1. The number of halogens is 2. The summed E-state index contributed by atoms with van der Waals surface area (Å²) in [6, 6.07) is 6.10. The fourth-order valence-corrected chi connectivity index (χ4v) is 3.32. The van der Waals surface area contributed by atoms with Crippen molar-refractivity contribution in [2.45, 2.75) is 26.4 Å². The minimum Gasteiger partial charge on any atom is -0.496 e. The number of hydrogen-bond acceptors (Lipinski definition) is 4. The molecule has 0 aliphatic carbocycles. The molecule has 6 nitrogen and oxygen atoms in total. The van der Waals surface area contributed by atoms with E-state index in [9.17, 15) is 0 Å². The molecule has 0 aromatic heterocycles. The van der Waals surface area contributed by atoms with E-state index in [1.165, 1.54) is 0 Å². The van der Waals surface area contributed by atoms with E-state index in [0.29, 0.717) is 23.5 Å². The Labute approximate surface area is 185 Å². The van der Waals surface area contributed by atoms with Gasteiger partial charge in [-0.2, -0.15) is 0 Å². The van der Waals surface area contributed by atoms with Crippen molar-refractivity contribution >= 4 is 41.5 Å². The number of rotatable bonds is 7. The third kappa shape index (κ3) is 7.63. The molecule has 1 aromatic carbocycles. The zero-order chi connectivity index (χ0) is 18.9. The summed E-state index contributed by atoms with van der Waals surface area (Å²) in [4.78, 5) is 6.83. The molecule has 0 radical (unpaired) electrons. The molecule has 2 N–H and O–H groups in total. The van der Waals surface area contributed by atoms with Gasteiger partial charge in [0.1, 0.15) is 5.75 Å². The summed E-state index contributed by atoms with van der Waals surface area (Å²) in [6.45, 7) is 9.57. The van der Waals surface area contributed by atoms with Gasteiger partial charge >= 0.3 is 0 Å². The molecule has 1 saturated heterocycles. The van der Waals surface area contributed by atoms with E-state index < -0.39 is 0 Å². The van der Waals surface area contributed by atoms with Crippen molar-refractivity contribution in [3.8, 4) is 5.75 Å². The molecule has 2 rings (SSSR count). The monoisotopic (exact) mass is 510 g/mol. The van der Waals surface area contributed by atoms with E-state index in [0.717, 1.165) is 50.1 Å². The predicted octanol–water partition coefficient (Wildman–Crippen LogP) is 2.99. The highest BCUT2D eigenvalue weighted by molar-refractivity contribution is 14.0. The maximum Gasteiger partial charge on any atom is 0.191 e. The number of hydrogen-bond donors (Lipinski definition) is 2. The van der Waals surface area contributed by atoms with Crippen molar-refractivity contribution in [2.75, 3.05) is 47.0 Å². The molecular weight excluding hydrogens is 479 g/mol. The number of benzene rings is 1. The van der Waals surface area contributed by atoms with Gasteiger partial charge in [-0.3, -0.25) is 9.89 Å². The number of ether oxygens (including phenoxy) is 2. The first-order valence-electron chi connectivity index (χ1n) is 9.14. The van der Waals surface area contributed by atoms with Crippen molar-refractivity contribution in [2.24, 2.45) is 10.9 Å². The van der Waals surface area contributed by atoms with Crippen molar-refractivity contribution in [3.63, 3.8) is 0 Å². The lowest BCUT2D eigenvalue weighted by Gasteiger charge is -2.37. The highest BCUT2D eigenvalue weighted by Gasteiger charge is 2.23. The molecule has 1 atom stereocenters. The van der Waals surface area contributed by atoms with Crippen LogP contribution in [0.4, 0.5) is 0 Å². The average Bonchev–Trinajstić information content (AvgIpc) is 2.65. The maximum absolute atomic E-state index is 6.02. The van der Waals surface area contributed by atoms with Crippen molar-refractivity contribution in [1.29, 1.82) is 0 Å². The van der Waals surface area contributed by atoms with Crippen LogP contribution in [-0.2, 0) is 11.3 Å². The van der Waals surface area contributed by atoms with Gasteiger partial charge in [0.15, 0.2) is 5.96 Å². The van der Waals surface area contributed by atoms with Crippen LogP contribution in [0.3, 0.4) is 0 Å². The number of methoxy groups -OCH3 is 1. The van der Waals surface area contributed by atoms with Gasteiger partial charge in [-0.15, -0.1) is 24.0 Å². The summed E-state index contributed by atoms with van der Waals surface area (Å²) in [6.07, 6.45) is 0. The van der Waals surface area contributed by atoms with Crippen LogP contribution >= 0.6 is 35.6 Å². The van der Waals surface area contributed by atoms with Crippen molar-refractivity contribution in [3.05, 3.63) is 28.8 Å². The van der Waals surface area contributed by atoms with Gasteiger partial charge in [-0.05, 0) is 18.1 Å². The molecule has 0 saturated carbocycles. The molecule has 8 heteroatoms. The molecule has 0 amide bonds. The van der Waals surface area contributed by atoms with Gasteiger partial charge in [0.25, 0.3) is 0 Å². The Morgan fingerprint density at radius 2 is 2.00 bits per heavy atom. The van der Waals surface area contributed by atoms with Crippen molar-refractivity contribution < 1.29 is 9.47 Å². The molecule has 1 aromatic rings. The second-order valence-electron chi connectivity index (χ2n) is 6.72. The number of morpholine rings is 1. The average molecular weight is 511 g/mol. The van der Waals surface area contributed by atoms with Crippen LogP contribution in [0.2, 0.25) is 5.02 Å². The smallest absolute Gasteiger partial charge is 0.191 e. The van der Waals surface area contributed by atoms with Crippen LogP contribution in [-0.4, -0.2) is 63.9 Å². The van der Waals surface area contributed by atoms with Gasteiger partial charge in [-0.25, -0.2) is 0 Å². The summed E-state index contributed by atoms with van der Waals surface area (Å²) in [5.74, 6) is 2.10. The molecule has 1 aliphatic rings. The Kier molecular flexibility index (Phi) is 11.4. The van der Waals surface area contributed by atoms with E-state index in [1.54, 1.807) is 14.2 Å². The molecule has 1 unspecified atom stereocenters. The van der Waals surface area contributed by atoms with E-state index in [-0.39, 0.29) is 24.0 Å². The molecule has 1 aliphatic heterocycles. The highest BCUT2D eigenvalue weighted by atomic mass is 127. The Morgan fingerprint density at radius 3 is 2.59 bits per heavy atom. The van der Waals surface area contributed by atoms with Crippen LogP contribution in [0.1, 0.15) is 19.4 Å². The molecule has 27 heavy (non-hydrogen) atoms. The summed E-state index contributed by atoms with van der Waals surface area (Å²) in [7, 11) is 3.44. The SMILES string of the molecule is CN=C(NCc1ccc(Cl)cc1OC)NCC(C(C)C)N1CCOCC1.I. The lowest BCUT2D eigenvalue weighted by Crippen LogP contribution is -2.52. The van der Waals surface area contributed by atoms with Crippen molar-refractivity contribution in [1.82, 2.24) is 15.5 Å². The highest BCUT2D eigenvalue weighted by Crippen LogP contribution is 2.22. The fraction of sp³-hybridized carbons (Fsp3) is 0.632. The van der Waals surface area contributed by atoms with Gasteiger partial charge in [0, 0.05) is 49.9 Å². The Balaban J connectivity index is 0.00000364. The zero-order valence-electron chi connectivity index (χ0n) is 16.6. The van der Waals surface area contributed by atoms with E-state index in [4.69, 9.17) is 21.1 Å². The number of nitrogens with one attached hydrogen (secondary N) is 2. The normalized spacial score (nSPS) is 16.6. The quantitative estimate of drug-likeness (QED) is 0.336. The Morgan fingerprint density at radius 1 is 1.30 bits per heavy atom. The van der Waals surface area contributed by atoms with Crippen LogP contribution in [0, 0.1) is 5.92 Å². The maximum atomic E-state index is 6.02. The zero-order valence-corrected chi connectivity index (χ0v) is 19.7. The van der Waals surface area contributed by atoms with Gasteiger partial charge in [0.2, 0.25) is 0 Å². The Bertz CT molecular complexity index is 595. The van der Waals surface area contributed by atoms with Crippen LogP contribution < -0.4 is 15.4 Å². The van der Waals surface area contributed by atoms with Crippen LogP contribution in [0.15, 0.2) is 23.2 Å². The van der Waals surface area contributed by atoms with Gasteiger partial charge in [-0.1, -0.05) is 31.5 Å². The summed E-state index contributed by atoms with van der Waals surface area (Å²) >= 11 is 6.02. The molecule has 0 spiro atoms. The molecule has 0 bridgehead atoms. The van der Waals surface area contributed by atoms with Gasteiger partial charge in [0.05, 0.1) is 20.3 Å². The first-order chi connectivity index (χ1) is 12.5. The van der Waals surface area contributed by atoms with E-state index in [1.807, 2.05) is 18.2 Å². The third-order valence-corrected chi connectivity index (χ3v) is 4.92. The van der Waals surface area contributed by atoms with E-state index in [2.05, 4.69) is 34.4 Å². The Hall–Kier alpha value is -0.770. The number of nitrogens with zero attached hydrogens (tertiary/aromatic N) is 2. The second kappa shape index (κ2) is 12.6. The molecular formula is C19H32ClIN4O2.